The smallest absolute Gasteiger partial charge is 0.420 e. The number of hydrogen-bond donors (Lipinski definition) is 1. The summed E-state index contributed by atoms with van der Waals surface area (Å²) in [6.45, 7) is 1.74. The second kappa shape index (κ2) is 10.4. The molecule has 0 unspecified atom stereocenters. The van der Waals surface area contributed by atoms with E-state index in [4.69, 9.17) is 23.7 Å². The number of alkyl halides is 3. The van der Waals surface area contributed by atoms with Crippen LogP contribution in [-0.2, 0) is 25.2 Å². The van der Waals surface area contributed by atoms with E-state index in [1.54, 1.807) is 19.1 Å². The van der Waals surface area contributed by atoms with Crippen LogP contribution in [-0.4, -0.2) is 46.6 Å². The zero-order valence-electron chi connectivity index (χ0n) is 18.5. The third kappa shape index (κ3) is 5.95. The van der Waals surface area contributed by atoms with Gasteiger partial charge in [0.1, 0.15) is 18.1 Å². The summed E-state index contributed by atoms with van der Waals surface area (Å²) in [6.07, 6.45) is -5.38. The van der Waals surface area contributed by atoms with Crippen molar-refractivity contribution in [3.8, 4) is 11.5 Å². The van der Waals surface area contributed by atoms with Crippen LogP contribution in [0.2, 0.25) is 0 Å². The molecule has 1 N–H and O–H groups in total. The molecular formula is C23H26F3NO6. The Morgan fingerprint density at radius 3 is 2.42 bits per heavy atom. The van der Waals surface area contributed by atoms with Crippen LogP contribution in [0.3, 0.4) is 0 Å². The minimum atomic E-state index is -4.66. The Balaban J connectivity index is 1.69. The van der Waals surface area contributed by atoms with Crippen LogP contribution in [0.1, 0.15) is 24.3 Å². The number of nitrogens with one attached hydrogen (secondary N) is 1. The Labute approximate surface area is 189 Å². The molecule has 1 aliphatic rings. The Morgan fingerprint density at radius 1 is 1.09 bits per heavy atom. The number of carbonyl (C=O) groups excluding carboxylic acids is 1. The minimum absolute atomic E-state index is 0.00584. The molecule has 180 valence electrons. The lowest BCUT2D eigenvalue weighted by molar-refractivity contribution is -0.226. The lowest BCUT2D eigenvalue weighted by atomic mass is 9.90. The SMILES string of the molecule is COCCOc1ccc(NC(=O)C2(C)COC(c3ccccc3OC)OC2)cc1C(F)(F)F. The minimum Gasteiger partial charge on any atom is -0.496 e. The second-order valence-electron chi connectivity index (χ2n) is 7.76. The molecule has 0 spiro atoms. The predicted octanol–water partition coefficient (Wildman–Crippen LogP) is 4.43. The molecule has 0 aromatic heterocycles. The number of hydrogen-bond acceptors (Lipinski definition) is 6. The average Bonchev–Trinajstić information content (AvgIpc) is 2.80. The van der Waals surface area contributed by atoms with Crippen molar-refractivity contribution in [3.63, 3.8) is 0 Å². The number of anilines is 1. The largest absolute Gasteiger partial charge is 0.496 e. The van der Waals surface area contributed by atoms with Gasteiger partial charge in [0.2, 0.25) is 5.91 Å². The Bertz CT molecular complexity index is 957. The van der Waals surface area contributed by atoms with Gasteiger partial charge in [0.15, 0.2) is 6.29 Å². The van der Waals surface area contributed by atoms with Gasteiger partial charge in [0.25, 0.3) is 0 Å². The predicted molar refractivity (Wildman–Crippen MR) is 113 cm³/mol. The van der Waals surface area contributed by atoms with Gasteiger partial charge in [-0.25, -0.2) is 0 Å². The van der Waals surface area contributed by atoms with Crippen LogP contribution < -0.4 is 14.8 Å². The van der Waals surface area contributed by atoms with Crippen molar-refractivity contribution >= 4 is 11.6 Å². The molecule has 7 nitrogen and oxygen atoms in total. The zero-order chi connectivity index (χ0) is 24.1. The van der Waals surface area contributed by atoms with Gasteiger partial charge in [-0.3, -0.25) is 4.79 Å². The second-order valence-corrected chi connectivity index (χ2v) is 7.76. The molecule has 2 aromatic rings. The van der Waals surface area contributed by atoms with Crippen molar-refractivity contribution in [3.05, 3.63) is 53.6 Å². The molecule has 33 heavy (non-hydrogen) atoms. The molecule has 10 heteroatoms. The molecule has 0 atom stereocenters. The molecule has 1 heterocycles. The fraction of sp³-hybridized carbons (Fsp3) is 0.435. The van der Waals surface area contributed by atoms with Gasteiger partial charge in [-0.2, -0.15) is 13.2 Å². The van der Waals surface area contributed by atoms with Crippen LogP contribution in [0.5, 0.6) is 11.5 Å². The number of rotatable bonds is 8. The van der Waals surface area contributed by atoms with Gasteiger partial charge < -0.3 is 29.0 Å². The first-order valence-corrected chi connectivity index (χ1v) is 10.2. The third-order valence-electron chi connectivity index (χ3n) is 5.14. The van der Waals surface area contributed by atoms with Crippen LogP contribution in [0.15, 0.2) is 42.5 Å². The lowest BCUT2D eigenvalue weighted by Gasteiger charge is -2.36. The zero-order valence-corrected chi connectivity index (χ0v) is 18.5. The van der Waals surface area contributed by atoms with Crippen molar-refractivity contribution in [2.75, 3.05) is 46.0 Å². The molecule has 3 rings (SSSR count). The molecule has 0 radical (unpaired) electrons. The number of benzene rings is 2. The number of carbonyl (C=O) groups is 1. The topological polar surface area (TPSA) is 75.3 Å². The van der Waals surface area contributed by atoms with Crippen molar-refractivity contribution < 1.29 is 41.7 Å². The maximum Gasteiger partial charge on any atom is 0.420 e. The maximum absolute atomic E-state index is 13.5. The van der Waals surface area contributed by atoms with E-state index in [-0.39, 0.29) is 37.9 Å². The first kappa shape index (κ1) is 24.8. The number of amides is 1. The summed E-state index contributed by atoms with van der Waals surface area (Å²) < 4.78 is 67.3. The molecule has 2 aromatic carbocycles. The Kier molecular flexibility index (Phi) is 7.83. The van der Waals surface area contributed by atoms with Crippen molar-refractivity contribution in [1.29, 1.82) is 0 Å². The fourth-order valence-corrected chi connectivity index (χ4v) is 3.25. The fourth-order valence-electron chi connectivity index (χ4n) is 3.25. The van der Waals surface area contributed by atoms with E-state index in [2.05, 4.69) is 5.32 Å². The summed E-state index contributed by atoms with van der Waals surface area (Å²) in [7, 11) is 2.95. The summed E-state index contributed by atoms with van der Waals surface area (Å²) in [5, 5.41) is 2.53. The van der Waals surface area contributed by atoms with Gasteiger partial charge in [0, 0.05) is 18.4 Å². The van der Waals surface area contributed by atoms with Crippen molar-refractivity contribution in [1.82, 2.24) is 0 Å². The molecule has 0 bridgehead atoms. The summed E-state index contributed by atoms with van der Waals surface area (Å²) >= 11 is 0. The van der Waals surface area contributed by atoms with Gasteiger partial charge in [-0.15, -0.1) is 0 Å². The van der Waals surface area contributed by atoms with Crippen LogP contribution in [0.4, 0.5) is 18.9 Å². The van der Waals surface area contributed by atoms with Crippen molar-refractivity contribution in [2.45, 2.75) is 19.4 Å². The van der Waals surface area contributed by atoms with Gasteiger partial charge >= 0.3 is 6.18 Å². The van der Waals surface area contributed by atoms with E-state index in [9.17, 15) is 18.0 Å². The van der Waals surface area contributed by atoms with E-state index < -0.39 is 29.4 Å². The highest BCUT2D eigenvalue weighted by Gasteiger charge is 2.41. The quantitative estimate of drug-likeness (QED) is 0.577. The highest BCUT2D eigenvalue weighted by atomic mass is 19.4. The molecule has 1 fully saturated rings. The maximum atomic E-state index is 13.5. The average molecular weight is 469 g/mol. The standard InChI is InChI=1S/C23H26F3NO6/c1-22(13-32-20(33-14-22)16-6-4-5-7-18(16)30-3)21(28)27-15-8-9-19(31-11-10-29-2)17(12-15)23(24,25)26/h4-9,12,20H,10-11,13-14H2,1-3H3,(H,27,28). The van der Waals surface area contributed by atoms with Gasteiger partial charge in [-0.1, -0.05) is 18.2 Å². The first-order chi connectivity index (χ1) is 15.7. The lowest BCUT2D eigenvalue weighted by Crippen LogP contribution is -2.45. The van der Waals surface area contributed by atoms with E-state index in [1.165, 1.54) is 26.4 Å². The third-order valence-corrected chi connectivity index (χ3v) is 5.14. The summed E-state index contributed by atoms with van der Waals surface area (Å²) in [4.78, 5) is 12.9. The highest BCUT2D eigenvalue weighted by molar-refractivity contribution is 5.95. The monoisotopic (exact) mass is 469 g/mol. The first-order valence-electron chi connectivity index (χ1n) is 10.2. The number of halogens is 3. The van der Waals surface area contributed by atoms with E-state index in [0.717, 1.165) is 6.07 Å². The summed E-state index contributed by atoms with van der Waals surface area (Å²) in [5.74, 6) is -0.280. The normalized spacial score (nSPS) is 20.8. The molecular weight excluding hydrogens is 443 g/mol. The Hall–Kier alpha value is -2.82. The molecule has 1 amide bonds. The molecule has 0 saturated carbocycles. The van der Waals surface area contributed by atoms with E-state index in [0.29, 0.717) is 11.3 Å². The van der Waals surface area contributed by atoms with Gasteiger partial charge in [-0.05, 0) is 31.2 Å². The van der Waals surface area contributed by atoms with Crippen LogP contribution >= 0.6 is 0 Å². The highest BCUT2D eigenvalue weighted by Crippen LogP contribution is 2.39. The van der Waals surface area contributed by atoms with Crippen LogP contribution in [0.25, 0.3) is 0 Å². The summed E-state index contributed by atoms with van der Waals surface area (Å²) in [6, 6.07) is 10.5. The van der Waals surface area contributed by atoms with Crippen LogP contribution in [0, 0.1) is 5.41 Å². The molecule has 0 aliphatic carbocycles. The number of para-hydroxylation sites is 1. The van der Waals surface area contributed by atoms with Gasteiger partial charge in [0.05, 0.1) is 37.9 Å². The van der Waals surface area contributed by atoms with Crippen molar-refractivity contribution in [2.24, 2.45) is 5.41 Å². The summed E-state index contributed by atoms with van der Waals surface area (Å²) in [5.41, 5.74) is -1.43. The van der Waals surface area contributed by atoms with E-state index in [1.807, 2.05) is 12.1 Å². The Morgan fingerprint density at radius 2 is 1.79 bits per heavy atom. The number of ether oxygens (including phenoxy) is 5. The molecule has 1 aliphatic heterocycles. The molecule has 1 saturated heterocycles. The number of methoxy groups -OCH3 is 2. The van der Waals surface area contributed by atoms with E-state index >= 15 is 0 Å².